The first-order valence-corrected chi connectivity index (χ1v) is 10.7. The molecule has 0 saturated carbocycles. The van der Waals surface area contributed by atoms with Crippen molar-refractivity contribution >= 4 is 31.6 Å². The Balaban J connectivity index is 1.98. The van der Waals surface area contributed by atoms with Gasteiger partial charge >= 0.3 is 0 Å². The van der Waals surface area contributed by atoms with Crippen LogP contribution in [-0.4, -0.2) is 40.6 Å². The van der Waals surface area contributed by atoms with E-state index in [4.69, 9.17) is 4.74 Å². The van der Waals surface area contributed by atoms with E-state index in [2.05, 4.69) is 39.6 Å². The number of hydrogen-bond acceptors (Lipinski definition) is 4. The Kier molecular flexibility index (Phi) is 5.60. The van der Waals surface area contributed by atoms with Crippen LogP contribution >= 0.6 is 15.9 Å². The number of ether oxygens (including phenoxy) is 1. The van der Waals surface area contributed by atoms with Crippen LogP contribution in [0, 0.1) is 0 Å². The second-order valence-corrected chi connectivity index (χ2v) is 9.29. The average molecular weight is 439 g/mol. The first-order chi connectivity index (χ1) is 12.3. The maximum atomic E-state index is 12.8. The zero-order valence-electron chi connectivity index (χ0n) is 15.1. The Hall–Kier alpha value is -1.57. The molecular weight excluding hydrogens is 416 g/mol. The van der Waals surface area contributed by atoms with Crippen molar-refractivity contribution in [3.63, 3.8) is 0 Å². The highest BCUT2D eigenvalue weighted by Crippen LogP contribution is 2.36. The van der Waals surface area contributed by atoms with Gasteiger partial charge < -0.3 is 9.64 Å². The Morgan fingerprint density at radius 2 is 1.96 bits per heavy atom. The molecule has 1 aliphatic carbocycles. The van der Waals surface area contributed by atoms with Crippen LogP contribution in [-0.2, 0) is 22.9 Å². The Bertz CT molecular complexity index is 913. The molecule has 140 valence electrons. The van der Waals surface area contributed by atoms with Crippen LogP contribution in [0.1, 0.15) is 17.5 Å². The minimum absolute atomic E-state index is 0.235. The summed E-state index contributed by atoms with van der Waals surface area (Å²) in [7, 11) is 2.15. The Labute approximate surface area is 163 Å². The van der Waals surface area contributed by atoms with E-state index in [0.717, 1.165) is 40.6 Å². The summed E-state index contributed by atoms with van der Waals surface area (Å²) in [6, 6.07) is 10.8. The molecule has 0 fully saturated rings. The lowest BCUT2D eigenvalue weighted by atomic mass is 9.86. The summed E-state index contributed by atoms with van der Waals surface area (Å²) in [5, 5.41) is 0. The molecule has 26 heavy (non-hydrogen) atoms. The molecule has 0 aromatic heterocycles. The number of halogens is 1. The van der Waals surface area contributed by atoms with Crippen molar-refractivity contribution in [1.29, 1.82) is 0 Å². The lowest BCUT2D eigenvalue weighted by molar-refractivity contribution is 0.265. The predicted octanol–water partition coefficient (Wildman–Crippen LogP) is 3.68. The third kappa shape index (κ3) is 3.89. The molecule has 7 heteroatoms. The second kappa shape index (κ2) is 7.58. The monoisotopic (exact) mass is 438 g/mol. The van der Waals surface area contributed by atoms with Gasteiger partial charge in [-0.05, 0) is 69.3 Å². The number of sulfonamides is 1. The number of nitrogens with one attached hydrogen (secondary N) is 1. The first kappa shape index (κ1) is 19.2. The number of fused-ring (bicyclic) bond motifs is 1. The van der Waals surface area contributed by atoms with E-state index in [-0.39, 0.29) is 4.90 Å². The highest BCUT2D eigenvalue weighted by atomic mass is 79.9. The van der Waals surface area contributed by atoms with Crippen LogP contribution in [0.3, 0.4) is 0 Å². The zero-order chi connectivity index (χ0) is 18.9. The first-order valence-electron chi connectivity index (χ1n) is 8.45. The molecule has 0 saturated heterocycles. The van der Waals surface area contributed by atoms with Gasteiger partial charge in [0, 0.05) is 16.1 Å². The molecule has 0 bridgehead atoms. The van der Waals surface area contributed by atoms with E-state index in [1.807, 2.05) is 6.07 Å². The van der Waals surface area contributed by atoms with E-state index < -0.39 is 10.0 Å². The predicted molar refractivity (Wildman–Crippen MR) is 107 cm³/mol. The molecule has 5 nitrogen and oxygen atoms in total. The fourth-order valence-electron chi connectivity index (χ4n) is 3.39. The molecule has 0 amide bonds. The second-order valence-electron chi connectivity index (χ2n) is 6.70. The third-order valence-corrected chi connectivity index (χ3v) is 6.71. The smallest absolute Gasteiger partial charge is 0.261 e. The number of rotatable bonds is 5. The molecule has 1 unspecified atom stereocenters. The van der Waals surface area contributed by atoms with Crippen molar-refractivity contribution in [2.45, 2.75) is 30.2 Å². The minimum Gasteiger partial charge on any atom is -0.496 e. The lowest BCUT2D eigenvalue weighted by Gasteiger charge is -2.32. The molecular formula is C19H23BrN2O3S. The van der Waals surface area contributed by atoms with Crippen LogP contribution in [0.5, 0.6) is 5.75 Å². The van der Waals surface area contributed by atoms with Crippen molar-refractivity contribution in [2.75, 3.05) is 25.9 Å². The molecule has 1 aliphatic rings. The van der Waals surface area contributed by atoms with Gasteiger partial charge in [-0.2, -0.15) is 0 Å². The Morgan fingerprint density at radius 1 is 1.19 bits per heavy atom. The van der Waals surface area contributed by atoms with Crippen molar-refractivity contribution < 1.29 is 13.2 Å². The van der Waals surface area contributed by atoms with E-state index in [1.54, 1.807) is 37.4 Å². The summed E-state index contributed by atoms with van der Waals surface area (Å²) in [6.07, 6.45) is 2.64. The van der Waals surface area contributed by atoms with Crippen molar-refractivity contribution in [1.82, 2.24) is 4.90 Å². The van der Waals surface area contributed by atoms with E-state index in [0.29, 0.717) is 11.7 Å². The molecule has 0 radical (unpaired) electrons. The highest BCUT2D eigenvalue weighted by Gasteiger charge is 2.27. The highest BCUT2D eigenvalue weighted by molar-refractivity contribution is 9.10. The summed E-state index contributed by atoms with van der Waals surface area (Å²) in [5.41, 5.74) is 2.76. The van der Waals surface area contributed by atoms with Gasteiger partial charge in [-0.25, -0.2) is 8.42 Å². The average Bonchev–Trinajstić information content (AvgIpc) is 2.61. The maximum absolute atomic E-state index is 12.8. The number of anilines is 1. The van der Waals surface area contributed by atoms with Gasteiger partial charge in [-0.15, -0.1) is 0 Å². The van der Waals surface area contributed by atoms with E-state index in [9.17, 15) is 8.42 Å². The molecule has 0 aliphatic heterocycles. The third-order valence-electron chi connectivity index (χ3n) is 4.86. The number of likely N-dealkylation sites (N-methyl/N-ethyl adjacent to an activating group) is 1. The largest absolute Gasteiger partial charge is 0.496 e. The summed E-state index contributed by atoms with van der Waals surface area (Å²) in [4.78, 5) is 2.44. The van der Waals surface area contributed by atoms with Crippen LogP contribution in [0.2, 0.25) is 0 Å². The van der Waals surface area contributed by atoms with Crippen LogP contribution in [0.15, 0.2) is 45.8 Å². The summed E-state index contributed by atoms with van der Waals surface area (Å²) in [5.74, 6) is 0.817. The molecule has 3 rings (SSSR count). The molecule has 2 aromatic rings. The Morgan fingerprint density at radius 3 is 2.62 bits per heavy atom. The van der Waals surface area contributed by atoms with Crippen molar-refractivity contribution in [2.24, 2.45) is 0 Å². The molecule has 1 N–H and O–H groups in total. The fourth-order valence-corrected chi connectivity index (χ4v) is 5.08. The minimum atomic E-state index is -3.65. The van der Waals surface area contributed by atoms with Gasteiger partial charge in [0.2, 0.25) is 0 Å². The summed E-state index contributed by atoms with van der Waals surface area (Å²) in [6.45, 7) is 0. The van der Waals surface area contributed by atoms with Gasteiger partial charge in [0.05, 0.1) is 17.7 Å². The number of methoxy groups -OCH3 is 1. The topological polar surface area (TPSA) is 58.6 Å². The molecule has 1 atom stereocenters. The number of hydrogen-bond donors (Lipinski definition) is 1. The summed E-state index contributed by atoms with van der Waals surface area (Å²) >= 11 is 3.33. The lowest BCUT2D eigenvalue weighted by Crippen LogP contribution is -2.34. The SMILES string of the molecule is COc1ccc(NS(=O)(=O)c2cccc(Br)c2)c2c1CC(N(C)C)CC2. The van der Waals surface area contributed by atoms with Gasteiger partial charge in [0.1, 0.15) is 5.75 Å². The van der Waals surface area contributed by atoms with Gasteiger partial charge in [-0.3, -0.25) is 4.72 Å². The van der Waals surface area contributed by atoms with Crippen LogP contribution in [0.4, 0.5) is 5.69 Å². The van der Waals surface area contributed by atoms with E-state index in [1.165, 1.54) is 0 Å². The van der Waals surface area contributed by atoms with E-state index >= 15 is 0 Å². The van der Waals surface area contributed by atoms with Gasteiger partial charge in [0.15, 0.2) is 0 Å². The number of benzene rings is 2. The molecule has 2 aromatic carbocycles. The normalized spacial score (nSPS) is 17.0. The number of nitrogens with zero attached hydrogens (tertiary/aromatic N) is 1. The van der Waals surface area contributed by atoms with Crippen LogP contribution < -0.4 is 9.46 Å². The summed E-state index contributed by atoms with van der Waals surface area (Å²) < 4.78 is 34.6. The fraction of sp³-hybridized carbons (Fsp3) is 0.368. The standard InChI is InChI=1S/C19H23BrN2O3S/c1-22(2)14-7-8-16-17(12-14)19(25-3)10-9-18(16)21-26(23,24)15-6-4-5-13(20)11-15/h4-6,9-11,14,21H,7-8,12H2,1-3H3. The zero-order valence-corrected chi connectivity index (χ0v) is 17.5. The quantitative estimate of drug-likeness (QED) is 0.773. The van der Waals surface area contributed by atoms with Crippen molar-refractivity contribution in [3.8, 4) is 5.75 Å². The van der Waals surface area contributed by atoms with Crippen molar-refractivity contribution in [3.05, 3.63) is 52.0 Å². The molecule has 0 spiro atoms. The maximum Gasteiger partial charge on any atom is 0.261 e. The van der Waals surface area contributed by atoms with Gasteiger partial charge in [-0.1, -0.05) is 22.0 Å². The van der Waals surface area contributed by atoms with Crippen LogP contribution in [0.25, 0.3) is 0 Å². The van der Waals surface area contributed by atoms with Gasteiger partial charge in [0.25, 0.3) is 10.0 Å². The molecule has 0 heterocycles.